The van der Waals surface area contributed by atoms with Crippen LogP contribution in [0.1, 0.15) is 35.2 Å². The second-order valence-electron chi connectivity index (χ2n) is 7.83. The molecule has 0 aliphatic carbocycles. The summed E-state index contributed by atoms with van der Waals surface area (Å²) in [6.07, 6.45) is 5.91. The Hall–Kier alpha value is -2.94. The van der Waals surface area contributed by atoms with E-state index < -0.39 is 5.82 Å². The van der Waals surface area contributed by atoms with Crippen molar-refractivity contribution in [1.82, 2.24) is 25.3 Å². The molecule has 2 N–H and O–H groups in total. The molecule has 160 valence electrons. The maximum atomic E-state index is 13.7. The smallest absolute Gasteiger partial charge is 0.255 e. The van der Waals surface area contributed by atoms with Crippen LogP contribution in [-0.4, -0.2) is 58.3 Å². The minimum Gasteiger partial charge on any atom is -0.491 e. The maximum absolute atomic E-state index is 13.7. The number of benzene rings is 1. The number of hydrogen-bond acceptors (Lipinski definition) is 5. The summed E-state index contributed by atoms with van der Waals surface area (Å²) in [7, 11) is 1.87. The highest BCUT2D eigenvalue weighted by atomic mass is 19.1. The van der Waals surface area contributed by atoms with Gasteiger partial charge in [0.1, 0.15) is 18.2 Å². The van der Waals surface area contributed by atoms with Crippen LogP contribution >= 0.6 is 0 Å². The van der Waals surface area contributed by atoms with E-state index in [0.717, 1.165) is 18.4 Å². The number of aromatic nitrogens is 2. The minimum absolute atomic E-state index is 0.0270. The van der Waals surface area contributed by atoms with Crippen molar-refractivity contribution >= 4 is 11.8 Å². The molecule has 0 unspecified atom stereocenters. The van der Waals surface area contributed by atoms with Gasteiger partial charge in [0.25, 0.3) is 5.91 Å². The highest BCUT2D eigenvalue weighted by molar-refractivity contribution is 5.97. The molecule has 2 aliphatic heterocycles. The molecular formula is C21H26FN5O3. The van der Waals surface area contributed by atoms with Crippen LogP contribution in [0.15, 0.2) is 30.6 Å². The number of hydrogen-bond donors (Lipinski definition) is 2. The lowest BCUT2D eigenvalue weighted by Gasteiger charge is -2.30. The second-order valence-corrected chi connectivity index (χ2v) is 7.83. The Morgan fingerprint density at radius 1 is 1.23 bits per heavy atom. The van der Waals surface area contributed by atoms with Gasteiger partial charge in [0, 0.05) is 50.4 Å². The molecule has 0 radical (unpaired) electrons. The lowest BCUT2D eigenvalue weighted by Crippen LogP contribution is -2.44. The molecule has 1 fully saturated rings. The van der Waals surface area contributed by atoms with Gasteiger partial charge in [0.15, 0.2) is 0 Å². The number of fused-ring (bicyclic) bond motifs is 3. The molecule has 1 aromatic heterocycles. The Kier molecular flexibility index (Phi) is 5.98. The van der Waals surface area contributed by atoms with Gasteiger partial charge >= 0.3 is 0 Å². The van der Waals surface area contributed by atoms with Crippen molar-refractivity contribution in [3.63, 3.8) is 0 Å². The predicted octanol–water partition coefficient (Wildman–Crippen LogP) is 1.22. The fourth-order valence-corrected chi connectivity index (χ4v) is 4.22. The average Bonchev–Trinajstić information content (AvgIpc) is 3.30. The van der Waals surface area contributed by atoms with E-state index in [2.05, 4.69) is 20.6 Å². The lowest BCUT2D eigenvalue weighted by molar-refractivity contribution is -0.122. The Bertz CT molecular complexity index is 931. The number of aryl methyl sites for hydroxylation is 1. The van der Waals surface area contributed by atoms with Crippen LogP contribution in [0.2, 0.25) is 0 Å². The van der Waals surface area contributed by atoms with Gasteiger partial charge in [-0.05, 0) is 31.0 Å². The number of carbonyl (C=O) groups is 2. The molecule has 4 rings (SSSR count). The number of nitrogens with zero attached hydrogens (tertiary/aromatic N) is 3. The van der Waals surface area contributed by atoms with E-state index in [4.69, 9.17) is 4.74 Å². The Morgan fingerprint density at radius 2 is 2.07 bits per heavy atom. The maximum Gasteiger partial charge on any atom is 0.255 e. The molecule has 1 aromatic carbocycles. The van der Waals surface area contributed by atoms with Gasteiger partial charge in [-0.15, -0.1) is 0 Å². The third-order valence-electron chi connectivity index (χ3n) is 5.68. The average molecular weight is 415 g/mol. The summed E-state index contributed by atoms with van der Waals surface area (Å²) in [5.41, 5.74) is 1.22. The van der Waals surface area contributed by atoms with Crippen molar-refractivity contribution in [2.75, 3.05) is 19.7 Å². The molecule has 3 heterocycles. The van der Waals surface area contributed by atoms with Crippen LogP contribution in [0, 0.1) is 5.82 Å². The summed E-state index contributed by atoms with van der Waals surface area (Å²) >= 11 is 0. The quantitative estimate of drug-likeness (QED) is 0.770. The van der Waals surface area contributed by atoms with Gasteiger partial charge in [0.05, 0.1) is 18.3 Å². The predicted molar refractivity (Wildman–Crippen MR) is 107 cm³/mol. The van der Waals surface area contributed by atoms with Gasteiger partial charge in [0.2, 0.25) is 5.91 Å². The van der Waals surface area contributed by atoms with Crippen LogP contribution in [-0.2, 0) is 18.4 Å². The Balaban J connectivity index is 1.57. The fourth-order valence-electron chi connectivity index (χ4n) is 4.22. The summed E-state index contributed by atoms with van der Waals surface area (Å²) in [6, 6.07) is 4.04. The number of ether oxygens (including phenoxy) is 1. The minimum atomic E-state index is -0.499. The van der Waals surface area contributed by atoms with E-state index in [-0.39, 0.29) is 36.1 Å². The standard InChI is InChI=1S/C21H26FN5O3/c1-26-12-14(10-25-26)13-27-16-3-4-17(27)11-24-21(29)18-8-15(22)2-5-19(18)30-7-6-23-20(28)9-16/h2,5,8,10,12,16-17H,3-4,6-7,9,11,13H2,1H3,(H,23,28)(H,24,29)/t16-,17+/m0/s1. The van der Waals surface area contributed by atoms with E-state index in [1.807, 2.05) is 19.4 Å². The van der Waals surface area contributed by atoms with Crippen LogP contribution < -0.4 is 15.4 Å². The first kappa shape index (κ1) is 20.3. The molecule has 2 bridgehead atoms. The molecule has 2 atom stereocenters. The summed E-state index contributed by atoms with van der Waals surface area (Å²) in [6.45, 7) is 1.58. The molecule has 0 saturated carbocycles. The summed E-state index contributed by atoms with van der Waals surface area (Å²) in [5.74, 6) is -0.589. The number of nitrogens with one attached hydrogen (secondary N) is 2. The van der Waals surface area contributed by atoms with Crippen LogP contribution in [0.3, 0.4) is 0 Å². The summed E-state index contributed by atoms with van der Waals surface area (Å²) in [5, 5.41) is 10.0. The van der Waals surface area contributed by atoms with Crippen molar-refractivity contribution in [1.29, 1.82) is 0 Å². The monoisotopic (exact) mass is 415 g/mol. The molecule has 9 heteroatoms. The lowest BCUT2D eigenvalue weighted by atomic mass is 10.1. The van der Waals surface area contributed by atoms with Gasteiger partial charge in [-0.2, -0.15) is 5.10 Å². The molecular weight excluding hydrogens is 389 g/mol. The van der Waals surface area contributed by atoms with Crippen LogP contribution in [0.5, 0.6) is 5.75 Å². The first-order chi connectivity index (χ1) is 14.5. The van der Waals surface area contributed by atoms with Crippen molar-refractivity contribution in [3.8, 4) is 5.75 Å². The first-order valence-corrected chi connectivity index (χ1v) is 10.2. The number of halogens is 1. The zero-order valence-corrected chi connectivity index (χ0v) is 16.9. The normalized spacial score (nSPS) is 23.1. The zero-order valence-electron chi connectivity index (χ0n) is 16.9. The van der Waals surface area contributed by atoms with E-state index in [1.54, 1.807) is 4.68 Å². The van der Waals surface area contributed by atoms with Crippen molar-refractivity contribution in [2.24, 2.45) is 7.05 Å². The van der Waals surface area contributed by atoms with Crippen molar-refractivity contribution < 1.29 is 18.7 Å². The largest absolute Gasteiger partial charge is 0.491 e. The van der Waals surface area contributed by atoms with Gasteiger partial charge in [-0.1, -0.05) is 0 Å². The molecule has 8 nitrogen and oxygen atoms in total. The molecule has 2 aromatic rings. The molecule has 2 amide bonds. The van der Waals surface area contributed by atoms with Gasteiger partial charge < -0.3 is 15.4 Å². The third kappa shape index (κ3) is 4.62. The third-order valence-corrected chi connectivity index (χ3v) is 5.68. The number of amides is 2. The molecule has 30 heavy (non-hydrogen) atoms. The zero-order chi connectivity index (χ0) is 21.1. The van der Waals surface area contributed by atoms with E-state index >= 15 is 0 Å². The molecule has 0 spiro atoms. The van der Waals surface area contributed by atoms with Crippen molar-refractivity contribution in [3.05, 3.63) is 47.5 Å². The second kappa shape index (κ2) is 8.83. The van der Waals surface area contributed by atoms with E-state index in [0.29, 0.717) is 31.8 Å². The topological polar surface area (TPSA) is 88.5 Å². The van der Waals surface area contributed by atoms with Crippen LogP contribution in [0.4, 0.5) is 4.39 Å². The first-order valence-electron chi connectivity index (χ1n) is 10.2. The summed E-state index contributed by atoms with van der Waals surface area (Å²) < 4.78 is 21.1. The van der Waals surface area contributed by atoms with Gasteiger partial charge in [-0.25, -0.2) is 4.39 Å². The Labute approximate surface area is 174 Å². The number of carbonyl (C=O) groups excluding carboxylic acids is 2. The Morgan fingerprint density at radius 3 is 2.87 bits per heavy atom. The van der Waals surface area contributed by atoms with E-state index in [1.165, 1.54) is 18.2 Å². The highest BCUT2D eigenvalue weighted by Crippen LogP contribution is 2.28. The van der Waals surface area contributed by atoms with E-state index in [9.17, 15) is 14.0 Å². The van der Waals surface area contributed by atoms with Crippen molar-refractivity contribution in [2.45, 2.75) is 37.9 Å². The van der Waals surface area contributed by atoms with Crippen LogP contribution in [0.25, 0.3) is 0 Å². The SMILES string of the molecule is Cn1cc(CN2[C@@H]3CC[C@H]2CC(=O)NCCOc2ccc(F)cc2C(=O)NC3)cn1. The van der Waals surface area contributed by atoms with Gasteiger partial charge in [-0.3, -0.25) is 19.2 Å². The number of rotatable bonds is 2. The molecule has 1 saturated heterocycles. The highest BCUT2D eigenvalue weighted by Gasteiger charge is 2.35. The fraction of sp³-hybridized carbons (Fsp3) is 0.476. The summed E-state index contributed by atoms with van der Waals surface area (Å²) in [4.78, 5) is 27.5. The molecule has 2 aliphatic rings.